The van der Waals surface area contributed by atoms with Crippen LogP contribution in [0.1, 0.15) is 24.2 Å². The zero-order valence-corrected chi connectivity index (χ0v) is 14.3. The zero-order valence-electron chi connectivity index (χ0n) is 11.1. The lowest BCUT2D eigenvalue weighted by molar-refractivity contribution is 0.177. The molecule has 106 valence electrons. The van der Waals surface area contributed by atoms with Gasteiger partial charge in [-0.1, -0.05) is 50.1 Å². The summed E-state index contributed by atoms with van der Waals surface area (Å²) in [6, 6.07) is 13.7. The van der Waals surface area contributed by atoms with Crippen molar-refractivity contribution in [3.63, 3.8) is 0 Å². The Morgan fingerprint density at radius 3 is 2.60 bits per heavy atom. The highest BCUT2D eigenvalue weighted by Gasteiger charge is 2.13. The Kier molecular flexibility index (Phi) is 5.64. The molecule has 20 heavy (non-hydrogen) atoms. The third-order valence-electron chi connectivity index (χ3n) is 2.96. The second-order valence-electron chi connectivity index (χ2n) is 4.47. The second kappa shape index (κ2) is 7.25. The fourth-order valence-corrected chi connectivity index (χ4v) is 3.10. The van der Waals surface area contributed by atoms with E-state index in [1.165, 1.54) is 0 Å². The number of benzene rings is 2. The first-order valence-electron chi connectivity index (χ1n) is 6.45. The normalized spacial score (nSPS) is 12.2. The Bertz CT molecular complexity index is 584. The Morgan fingerprint density at radius 2 is 1.95 bits per heavy atom. The number of halogens is 2. The van der Waals surface area contributed by atoms with Crippen LogP contribution in [0.25, 0.3) is 0 Å². The lowest BCUT2D eigenvalue weighted by Crippen LogP contribution is -2.03. The molecule has 1 atom stereocenters. The number of ether oxygens (including phenoxy) is 1. The average molecular weight is 400 g/mol. The first-order chi connectivity index (χ1) is 9.60. The SMILES string of the molecule is CCOc1ccc(C(O)Cc2cccc(Br)c2)c(Br)c1. The van der Waals surface area contributed by atoms with Gasteiger partial charge in [0.1, 0.15) is 5.75 Å². The van der Waals surface area contributed by atoms with Crippen LogP contribution < -0.4 is 4.74 Å². The predicted octanol–water partition coefficient (Wildman–Crippen LogP) is 4.89. The van der Waals surface area contributed by atoms with Crippen molar-refractivity contribution in [3.8, 4) is 5.75 Å². The van der Waals surface area contributed by atoms with Gasteiger partial charge in [-0.3, -0.25) is 0 Å². The number of aliphatic hydroxyl groups is 1. The van der Waals surface area contributed by atoms with Gasteiger partial charge in [0.05, 0.1) is 12.7 Å². The molecule has 2 rings (SSSR count). The molecule has 0 spiro atoms. The molecular formula is C16H16Br2O2. The monoisotopic (exact) mass is 398 g/mol. The Morgan fingerprint density at radius 1 is 1.15 bits per heavy atom. The van der Waals surface area contributed by atoms with E-state index in [9.17, 15) is 5.11 Å². The topological polar surface area (TPSA) is 29.5 Å². The van der Waals surface area contributed by atoms with Gasteiger partial charge in [0, 0.05) is 15.4 Å². The molecule has 0 amide bonds. The van der Waals surface area contributed by atoms with Gasteiger partial charge in [-0.15, -0.1) is 0 Å². The van der Waals surface area contributed by atoms with E-state index in [1.807, 2.05) is 49.4 Å². The second-order valence-corrected chi connectivity index (χ2v) is 6.24. The summed E-state index contributed by atoms with van der Waals surface area (Å²) in [6.45, 7) is 2.58. The van der Waals surface area contributed by atoms with Crippen molar-refractivity contribution < 1.29 is 9.84 Å². The first kappa shape index (κ1) is 15.5. The van der Waals surface area contributed by atoms with Crippen LogP contribution in [0, 0.1) is 0 Å². The molecule has 0 saturated carbocycles. The predicted molar refractivity (Wildman–Crippen MR) is 88.1 cm³/mol. The molecule has 0 fully saturated rings. The van der Waals surface area contributed by atoms with Crippen LogP contribution in [-0.4, -0.2) is 11.7 Å². The summed E-state index contributed by atoms with van der Waals surface area (Å²) in [6.07, 6.45) is 0.0285. The van der Waals surface area contributed by atoms with E-state index in [-0.39, 0.29) is 0 Å². The number of rotatable bonds is 5. The maximum atomic E-state index is 10.4. The minimum atomic E-state index is -0.547. The van der Waals surface area contributed by atoms with E-state index in [4.69, 9.17) is 4.74 Å². The molecule has 0 aliphatic rings. The minimum Gasteiger partial charge on any atom is -0.494 e. The third-order valence-corrected chi connectivity index (χ3v) is 4.14. The van der Waals surface area contributed by atoms with Gasteiger partial charge in [-0.2, -0.15) is 0 Å². The van der Waals surface area contributed by atoms with Gasteiger partial charge in [0.15, 0.2) is 0 Å². The summed E-state index contributed by atoms with van der Waals surface area (Å²) < 4.78 is 7.33. The van der Waals surface area contributed by atoms with Gasteiger partial charge < -0.3 is 9.84 Å². The molecule has 2 nitrogen and oxygen atoms in total. The molecule has 0 saturated heterocycles. The molecule has 0 bridgehead atoms. The summed E-state index contributed by atoms with van der Waals surface area (Å²) in [4.78, 5) is 0. The summed E-state index contributed by atoms with van der Waals surface area (Å²) in [7, 11) is 0. The smallest absolute Gasteiger partial charge is 0.120 e. The highest BCUT2D eigenvalue weighted by atomic mass is 79.9. The van der Waals surface area contributed by atoms with Crippen LogP contribution in [0.3, 0.4) is 0 Å². The van der Waals surface area contributed by atoms with Crippen molar-refractivity contribution in [3.05, 3.63) is 62.5 Å². The molecule has 1 unspecified atom stereocenters. The Balaban J connectivity index is 2.14. The number of hydrogen-bond donors (Lipinski definition) is 1. The maximum Gasteiger partial charge on any atom is 0.120 e. The molecule has 0 radical (unpaired) electrons. The van der Waals surface area contributed by atoms with Crippen LogP contribution in [0.4, 0.5) is 0 Å². The minimum absolute atomic E-state index is 0.547. The number of aliphatic hydroxyl groups excluding tert-OH is 1. The quantitative estimate of drug-likeness (QED) is 0.775. The van der Waals surface area contributed by atoms with E-state index in [0.29, 0.717) is 13.0 Å². The maximum absolute atomic E-state index is 10.4. The highest BCUT2D eigenvalue weighted by Crippen LogP contribution is 2.30. The highest BCUT2D eigenvalue weighted by molar-refractivity contribution is 9.10. The van der Waals surface area contributed by atoms with Crippen molar-refractivity contribution >= 4 is 31.9 Å². The molecule has 2 aromatic rings. The summed E-state index contributed by atoms with van der Waals surface area (Å²) in [5.41, 5.74) is 1.96. The van der Waals surface area contributed by atoms with Crippen LogP contribution in [-0.2, 0) is 6.42 Å². The largest absolute Gasteiger partial charge is 0.494 e. The summed E-state index contributed by atoms with van der Waals surface area (Å²) in [5, 5.41) is 10.4. The Hall–Kier alpha value is -0.840. The Labute approximate surface area is 136 Å². The van der Waals surface area contributed by atoms with Crippen molar-refractivity contribution in [2.24, 2.45) is 0 Å². The molecule has 4 heteroatoms. The van der Waals surface area contributed by atoms with E-state index >= 15 is 0 Å². The lowest BCUT2D eigenvalue weighted by Gasteiger charge is -2.14. The van der Waals surface area contributed by atoms with E-state index in [1.54, 1.807) is 0 Å². The van der Waals surface area contributed by atoms with Crippen molar-refractivity contribution in [1.82, 2.24) is 0 Å². The van der Waals surface area contributed by atoms with E-state index in [0.717, 1.165) is 25.8 Å². The van der Waals surface area contributed by atoms with Gasteiger partial charge >= 0.3 is 0 Å². The zero-order chi connectivity index (χ0) is 14.5. The van der Waals surface area contributed by atoms with Crippen molar-refractivity contribution in [1.29, 1.82) is 0 Å². The molecule has 2 aromatic carbocycles. The molecule has 0 heterocycles. The van der Waals surface area contributed by atoms with Gasteiger partial charge in [-0.25, -0.2) is 0 Å². The number of hydrogen-bond acceptors (Lipinski definition) is 2. The molecule has 0 aliphatic carbocycles. The third kappa shape index (κ3) is 4.08. The fraction of sp³-hybridized carbons (Fsp3) is 0.250. The molecular weight excluding hydrogens is 384 g/mol. The first-order valence-corrected chi connectivity index (χ1v) is 8.03. The standard InChI is InChI=1S/C16H16Br2O2/c1-2-20-13-6-7-14(15(18)10-13)16(19)9-11-4-3-5-12(17)8-11/h3-8,10,16,19H,2,9H2,1H3. The van der Waals surface area contributed by atoms with Crippen molar-refractivity contribution in [2.75, 3.05) is 6.61 Å². The molecule has 1 N–H and O–H groups in total. The van der Waals surface area contributed by atoms with E-state index < -0.39 is 6.10 Å². The van der Waals surface area contributed by atoms with E-state index in [2.05, 4.69) is 31.9 Å². The van der Waals surface area contributed by atoms with Crippen molar-refractivity contribution in [2.45, 2.75) is 19.4 Å². The summed E-state index contributed by atoms with van der Waals surface area (Å²) >= 11 is 6.94. The lowest BCUT2D eigenvalue weighted by atomic mass is 10.0. The van der Waals surface area contributed by atoms with Crippen LogP contribution in [0.2, 0.25) is 0 Å². The van der Waals surface area contributed by atoms with Gasteiger partial charge in [0.2, 0.25) is 0 Å². The van der Waals surface area contributed by atoms with Gasteiger partial charge in [0.25, 0.3) is 0 Å². The average Bonchev–Trinajstić information content (AvgIpc) is 2.39. The van der Waals surface area contributed by atoms with Crippen LogP contribution in [0.5, 0.6) is 5.75 Å². The van der Waals surface area contributed by atoms with Crippen LogP contribution in [0.15, 0.2) is 51.4 Å². The molecule has 0 aromatic heterocycles. The van der Waals surface area contributed by atoms with Gasteiger partial charge in [-0.05, 0) is 42.3 Å². The fourth-order valence-electron chi connectivity index (χ4n) is 2.03. The molecule has 0 aliphatic heterocycles. The van der Waals surface area contributed by atoms with Crippen LogP contribution >= 0.6 is 31.9 Å². The summed E-state index contributed by atoms with van der Waals surface area (Å²) in [5.74, 6) is 0.804.